The molecule has 0 amide bonds. The number of aromatic hydroxyl groups is 1. The van der Waals surface area contributed by atoms with E-state index in [2.05, 4.69) is 10.1 Å². The molecule has 0 aliphatic heterocycles. The third-order valence-electron chi connectivity index (χ3n) is 2.13. The molecule has 0 saturated heterocycles. The molecule has 0 fully saturated rings. The highest BCUT2D eigenvalue weighted by Gasteiger charge is 2.09. The molecule has 1 aromatic carbocycles. The number of ether oxygens (including phenoxy) is 1. The maximum Gasteiger partial charge on any atom is 0.252 e. The van der Waals surface area contributed by atoms with E-state index >= 15 is 0 Å². The van der Waals surface area contributed by atoms with Crippen molar-refractivity contribution in [3.63, 3.8) is 0 Å². The summed E-state index contributed by atoms with van der Waals surface area (Å²) in [6.07, 6.45) is 0.124. The SMILES string of the molecule is CC(C)OCc1nc(-c2ccc(O)cc2)no1. The molecule has 0 spiro atoms. The van der Waals surface area contributed by atoms with Crippen molar-refractivity contribution in [2.45, 2.75) is 26.6 Å². The third kappa shape index (κ3) is 3.04. The minimum absolute atomic E-state index is 0.124. The lowest BCUT2D eigenvalue weighted by Crippen LogP contribution is -2.02. The molecule has 0 radical (unpaired) electrons. The van der Waals surface area contributed by atoms with Gasteiger partial charge in [-0.1, -0.05) is 5.16 Å². The molecule has 0 atom stereocenters. The molecular weight excluding hydrogens is 220 g/mol. The lowest BCUT2D eigenvalue weighted by molar-refractivity contribution is 0.0485. The van der Waals surface area contributed by atoms with Crippen molar-refractivity contribution in [3.05, 3.63) is 30.2 Å². The van der Waals surface area contributed by atoms with Crippen molar-refractivity contribution in [2.75, 3.05) is 0 Å². The van der Waals surface area contributed by atoms with E-state index in [1.165, 1.54) is 0 Å². The second kappa shape index (κ2) is 4.97. The van der Waals surface area contributed by atoms with Gasteiger partial charge in [-0.15, -0.1) is 0 Å². The largest absolute Gasteiger partial charge is 0.508 e. The molecule has 1 aromatic heterocycles. The summed E-state index contributed by atoms with van der Waals surface area (Å²) in [6, 6.07) is 6.62. The van der Waals surface area contributed by atoms with Crippen LogP contribution in [0.5, 0.6) is 5.75 Å². The van der Waals surface area contributed by atoms with Gasteiger partial charge in [-0.25, -0.2) is 0 Å². The van der Waals surface area contributed by atoms with E-state index in [-0.39, 0.29) is 11.9 Å². The number of aromatic nitrogens is 2. The monoisotopic (exact) mass is 234 g/mol. The van der Waals surface area contributed by atoms with Gasteiger partial charge in [-0.3, -0.25) is 0 Å². The summed E-state index contributed by atoms with van der Waals surface area (Å²) in [5.41, 5.74) is 0.794. The number of hydrogen-bond donors (Lipinski definition) is 1. The van der Waals surface area contributed by atoms with Gasteiger partial charge in [0.25, 0.3) is 5.89 Å². The summed E-state index contributed by atoms with van der Waals surface area (Å²) in [5, 5.41) is 13.0. The predicted octanol–water partition coefficient (Wildman–Crippen LogP) is 2.37. The zero-order valence-electron chi connectivity index (χ0n) is 9.75. The molecule has 1 N–H and O–H groups in total. The van der Waals surface area contributed by atoms with Gasteiger partial charge in [-0.2, -0.15) is 4.98 Å². The maximum atomic E-state index is 9.17. The Balaban J connectivity index is 2.10. The number of rotatable bonds is 4. The van der Waals surface area contributed by atoms with Gasteiger partial charge in [0.05, 0.1) is 6.10 Å². The van der Waals surface area contributed by atoms with Crippen LogP contribution in [-0.2, 0) is 11.3 Å². The topological polar surface area (TPSA) is 68.4 Å². The second-order valence-electron chi connectivity index (χ2n) is 3.92. The smallest absolute Gasteiger partial charge is 0.252 e. The first-order chi connectivity index (χ1) is 8.15. The van der Waals surface area contributed by atoms with Gasteiger partial charge < -0.3 is 14.4 Å². The van der Waals surface area contributed by atoms with Crippen LogP contribution in [0.4, 0.5) is 0 Å². The molecule has 2 aromatic rings. The fourth-order valence-corrected chi connectivity index (χ4v) is 1.28. The van der Waals surface area contributed by atoms with E-state index in [1.807, 2.05) is 13.8 Å². The summed E-state index contributed by atoms with van der Waals surface area (Å²) >= 11 is 0. The minimum Gasteiger partial charge on any atom is -0.508 e. The molecular formula is C12H14N2O3. The first-order valence-corrected chi connectivity index (χ1v) is 5.39. The molecule has 0 aliphatic rings. The highest BCUT2D eigenvalue weighted by atomic mass is 16.5. The summed E-state index contributed by atoms with van der Waals surface area (Å²) in [7, 11) is 0. The second-order valence-corrected chi connectivity index (χ2v) is 3.92. The Morgan fingerprint density at radius 2 is 2.00 bits per heavy atom. The van der Waals surface area contributed by atoms with Crippen LogP contribution in [0.15, 0.2) is 28.8 Å². The average molecular weight is 234 g/mol. The predicted molar refractivity (Wildman–Crippen MR) is 61.3 cm³/mol. The molecule has 90 valence electrons. The van der Waals surface area contributed by atoms with Crippen molar-refractivity contribution in [3.8, 4) is 17.1 Å². The molecule has 5 nitrogen and oxygen atoms in total. The van der Waals surface area contributed by atoms with E-state index in [4.69, 9.17) is 14.4 Å². The molecule has 17 heavy (non-hydrogen) atoms. The van der Waals surface area contributed by atoms with E-state index in [0.29, 0.717) is 18.3 Å². The standard InChI is InChI=1S/C12H14N2O3/c1-8(2)16-7-11-13-12(14-17-11)9-3-5-10(15)6-4-9/h3-6,8,15H,7H2,1-2H3. The lowest BCUT2D eigenvalue weighted by Gasteiger charge is -2.02. The average Bonchev–Trinajstić information content (AvgIpc) is 2.76. The number of phenols is 1. The fourth-order valence-electron chi connectivity index (χ4n) is 1.28. The Morgan fingerprint density at radius 3 is 2.65 bits per heavy atom. The van der Waals surface area contributed by atoms with Gasteiger partial charge in [0.15, 0.2) is 0 Å². The first kappa shape index (κ1) is 11.6. The minimum atomic E-state index is 0.124. The summed E-state index contributed by atoms with van der Waals surface area (Å²) in [5.74, 6) is 1.15. The molecule has 1 heterocycles. The van der Waals surface area contributed by atoms with Crippen LogP contribution in [0, 0.1) is 0 Å². The third-order valence-corrected chi connectivity index (χ3v) is 2.13. The summed E-state index contributed by atoms with van der Waals surface area (Å²) in [4.78, 5) is 4.20. The van der Waals surface area contributed by atoms with E-state index in [0.717, 1.165) is 5.56 Å². The van der Waals surface area contributed by atoms with Crippen LogP contribution >= 0.6 is 0 Å². The summed E-state index contributed by atoms with van der Waals surface area (Å²) < 4.78 is 10.4. The van der Waals surface area contributed by atoms with Crippen molar-refractivity contribution in [2.24, 2.45) is 0 Å². The highest BCUT2D eigenvalue weighted by Crippen LogP contribution is 2.19. The molecule has 2 rings (SSSR count). The van der Waals surface area contributed by atoms with E-state index in [9.17, 15) is 0 Å². The van der Waals surface area contributed by atoms with Crippen molar-refractivity contribution >= 4 is 0 Å². The number of benzene rings is 1. The molecule has 0 unspecified atom stereocenters. The van der Waals surface area contributed by atoms with Crippen LogP contribution in [0.2, 0.25) is 0 Å². The Labute approximate surface area is 99.0 Å². The Morgan fingerprint density at radius 1 is 1.29 bits per heavy atom. The van der Waals surface area contributed by atoms with Gasteiger partial charge in [-0.05, 0) is 38.1 Å². The van der Waals surface area contributed by atoms with E-state index < -0.39 is 0 Å². The lowest BCUT2D eigenvalue weighted by atomic mass is 10.2. The molecule has 0 saturated carbocycles. The van der Waals surface area contributed by atoms with Crippen molar-refractivity contribution < 1.29 is 14.4 Å². The Kier molecular flexibility index (Phi) is 3.39. The van der Waals surface area contributed by atoms with Gasteiger partial charge in [0, 0.05) is 5.56 Å². The maximum absolute atomic E-state index is 9.17. The van der Waals surface area contributed by atoms with Crippen LogP contribution in [0.3, 0.4) is 0 Å². The summed E-state index contributed by atoms with van der Waals surface area (Å²) in [6.45, 7) is 4.19. The number of phenolic OH excluding ortho intramolecular Hbond substituents is 1. The van der Waals surface area contributed by atoms with Crippen molar-refractivity contribution in [1.82, 2.24) is 10.1 Å². The Bertz CT molecular complexity index is 477. The fraction of sp³-hybridized carbons (Fsp3) is 0.333. The highest BCUT2D eigenvalue weighted by molar-refractivity contribution is 5.55. The van der Waals surface area contributed by atoms with E-state index in [1.54, 1.807) is 24.3 Å². The zero-order valence-corrected chi connectivity index (χ0v) is 9.75. The number of nitrogens with zero attached hydrogens (tertiary/aromatic N) is 2. The van der Waals surface area contributed by atoms with Gasteiger partial charge >= 0.3 is 0 Å². The van der Waals surface area contributed by atoms with Crippen LogP contribution in [0.25, 0.3) is 11.4 Å². The quantitative estimate of drug-likeness (QED) is 0.879. The molecule has 5 heteroatoms. The normalized spacial score (nSPS) is 11.0. The van der Waals surface area contributed by atoms with Crippen LogP contribution in [0.1, 0.15) is 19.7 Å². The van der Waals surface area contributed by atoms with Gasteiger partial charge in [0.2, 0.25) is 5.82 Å². The molecule has 0 bridgehead atoms. The zero-order chi connectivity index (χ0) is 12.3. The molecule has 0 aliphatic carbocycles. The van der Waals surface area contributed by atoms with Gasteiger partial charge in [0.1, 0.15) is 12.4 Å². The number of hydrogen-bond acceptors (Lipinski definition) is 5. The Hall–Kier alpha value is -1.88. The van der Waals surface area contributed by atoms with Crippen LogP contribution in [-0.4, -0.2) is 21.4 Å². The first-order valence-electron chi connectivity index (χ1n) is 5.39. The van der Waals surface area contributed by atoms with Crippen LogP contribution < -0.4 is 0 Å². The van der Waals surface area contributed by atoms with Crippen molar-refractivity contribution in [1.29, 1.82) is 0 Å².